The lowest BCUT2D eigenvalue weighted by Crippen LogP contribution is -2.35. The molecule has 0 aliphatic heterocycles. The first-order chi connectivity index (χ1) is 10.1. The first kappa shape index (κ1) is 15.3. The molecule has 3 N–H and O–H groups in total. The molecule has 1 heterocycles. The van der Waals surface area contributed by atoms with Gasteiger partial charge in [-0.2, -0.15) is 0 Å². The summed E-state index contributed by atoms with van der Waals surface area (Å²) in [7, 11) is 3.59. The standard InChI is InChI=1S/C16H22N4O/c1-11(16(21)18-2)10-20(3)15-13(9-17)8-12-6-4-5-7-14(12)19-15/h4-8,11H,9-10,17H2,1-3H3,(H,18,21). The van der Waals surface area contributed by atoms with Crippen molar-refractivity contribution in [2.75, 3.05) is 25.5 Å². The van der Waals surface area contributed by atoms with Crippen molar-refractivity contribution in [3.8, 4) is 0 Å². The Morgan fingerprint density at radius 2 is 2.14 bits per heavy atom. The van der Waals surface area contributed by atoms with E-state index in [2.05, 4.69) is 11.4 Å². The van der Waals surface area contributed by atoms with Gasteiger partial charge in [0.25, 0.3) is 0 Å². The van der Waals surface area contributed by atoms with Crippen LogP contribution in [0.4, 0.5) is 5.82 Å². The number of rotatable bonds is 5. The highest BCUT2D eigenvalue weighted by atomic mass is 16.1. The van der Waals surface area contributed by atoms with Crippen LogP contribution in [0.1, 0.15) is 12.5 Å². The normalized spacial score (nSPS) is 12.2. The van der Waals surface area contributed by atoms with Crippen LogP contribution in [0, 0.1) is 5.92 Å². The monoisotopic (exact) mass is 286 g/mol. The van der Waals surface area contributed by atoms with Gasteiger partial charge in [0.05, 0.1) is 11.4 Å². The number of nitrogens with zero attached hydrogens (tertiary/aromatic N) is 2. The third kappa shape index (κ3) is 3.31. The lowest BCUT2D eigenvalue weighted by atomic mass is 10.1. The zero-order valence-corrected chi connectivity index (χ0v) is 12.8. The fraction of sp³-hybridized carbons (Fsp3) is 0.375. The van der Waals surface area contributed by atoms with Crippen molar-refractivity contribution in [1.29, 1.82) is 0 Å². The maximum absolute atomic E-state index is 11.7. The Kier molecular flexibility index (Phi) is 4.75. The van der Waals surface area contributed by atoms with Gasteiger partial charge in [0, 0.05) is 38.1 Å². The molecule has 2 rings (SSSR count). The largest absolute Gasteiger partial charge is 0.359 e. The molecule has 1 unspecified atom stereocenters. The van der Waals surface area contributed by atoms with Gasteiger partial charge in [-0.15, -0.1) is 0 Å². The smallest absolute Gasteiger partial charge is 0.224 e. The van der Waals surface area contributed by atoms with E-state index in [9.17, 15) is 4.79 Å². The topological polar surface area (TPSA) is 71.2 Å². The van der Waals surface area contributed by atoms with Crippen LogP contribution in [0.2, 0.25) is 0 Å². The van der Waals surface area contributed by atoms with Crippen molar-refractivity contribution in [2.24, 2.45) is 11.7 Å². The Labute approximate surface area is 125 Å². The Balaban J connectivity index is 2.33. The van der Waals surface area contributed by atoms with Crippen LogP contribution in [-0.4, -0.2) is 31.5 Å². The molecule has 1 aromatic carbocycles. The number of carbonyl (C=O) groups excluding carboxylic acids is 1. The van der Waals surface area contributed by atoms with Crippen molar-refractivity contribution >= 4 is 22.6 Å². The highest BCUT2D eigenvalue weighted by molar-refractivity contribution is 5.82. The lowest BCUT2D eigenvalue weighted by Gasteiger charge is -2.24. The Bertz CT molecular complexity index is 641. The molecule has 2 aromatic rings. The van der Waals surface area contributed by atoms with Crippen molar-refractivity contribution in [3.63, 3.8) is 0 Å². The van der Waals surface area contributed by atoms with Crippen molar-refractivity contribution in [3.05, 3.63) is 35.9 Å². The fourth-order valence-electron chi connectivity index (χ4n) is 2.46. The predicted molar refractivity (Wildman–Crippen MR) is 86.1 cm³/mol. The second kappa shape index (κ2) is 6.54. The van der Waals surface area contributed by atoms with E-state index < -0.39 is 0 Å². The number of hydrogen-bond donors (Lipinski definition) is 2. The van der Waals surface area contributed by atoms with Gasteiger partial charge in [0.1, 0.15) is 5.82 Å². The molecule has 0 spiro atoms. The molecule has 0 radical (unpaired) electrons. The van der Waals surface area contributed by atoms with Crippen LogP contribution in [0.3, 0.4) is 0 Å². The fourth-order valence-corrected chi connectivity index (χ4v) is 2.46. The summed E-state index contributed by atoms with van der Waals surface area (Å²) in [5.41, 5.74) is 7.77. The van der Waals surface area contributed by atoms with E-state index in [0.29, 0.717) is 13.1 Å². The minimum atomic E-state index is -0.112. The molecule has 5 heteroatoms. The third-order valence-corrected chi connectivity index (χ3v) is 3.60. The van der Waals surface area contributed by atoms with Crippen LogP contribution in [0.15, 0.2) is 30.3 Å². The van der Waals surface area contributed by atoms with Gasteiger partial charge in [-0.1, -0.05) is 25.1 Å². The maximum Gasteiger partial charge on any atom is 0.224 e. The first-order valence-electron chi connectivity index (χ1n) is 7.08. The van der Waals surface area contributed by atoms with E-state index in [1.54, 1.807) is 7.05 Å². The summed E-state index contributed by atoms with van der Waals surface area (Å²) < 4.78 is 0. The molecule has 112 valence electrons. The number of benzene rings is 1. The Morgan fingerprint density at radius 1 is 1.43 bits per heavy atom. The molecule has 0 bridgehead atoms. The van der Waals surface area contributed by atoms with Crippen molar-refractivity contribution in [2.45, 2.75) is 13.5 Å². The van der Waals surface area contributed by atoms with E-state index in [0.717, 1.165) is 22.3 Å². The molecule has 1 amide bonds. The van der Waals surface area contributed by atoms with Crippen LogP contribution < -0.4 is 16.0 Å². The zero-order chi connectivity index (χ0) is 15.4. The summed E-state index contributed by atoms with van der Waals surface area (Å²) in [6.07, 6.45) is 0. The van der Waals surface area contributed by atoms with E-state index in [1.165, 1.54) is 0 Å². The van der Waals surface area contributed by atoms with Gasteiger partial charge in [0.15, 0.2) is 0 Å². The molecule has 0 aliphatic carbocycles. The molecular formula is C16H22N4O. The zero-order valence-electron chi connectivity index (χ0n) is 12.8. The summed E-state index contributed by atoms with van der Waals surface area (Å²) in [5.74, 6) is 0.753. The van der Waals surface area contributed by atoms with Gasteiger partial charge >= 0.3 is 0 Å². The number of hydrogen-bond acceptors (Lipinski definition) is 4. The van der Waals surface area contributed by atoms with Gasteiger partial charge in [-0.25, -0.2) is 4.98 Å². The van der Waals surface area contributed by atoms with Crippen molar-refractivity contribution in [1.82, 2.24) is 10.3 Å². The molecule has 1 atom stereocenters. The molecular weight excluding hydrogens is 264 g/mol. The number of carbonyl (C=O) groups is 1. The summed E-state index contributed by atoms with van der Waals surface area (Å²) in [6.45, 7) is 2.92. The van der Waals surface area contributed by atoms with E-state index in [-0.39, 0.29) is 11.8 Å². The Hall–Kier alpha value is -2.14. The number of para-hydroxylation sites is 1. The molecule has 5 nitrogen and oxygen atoms in total. The number of nitrogens with two attached hydrogens (primary N) is 1. The summed E-state index contributed by atoms with van der Waals surface area (Å²) in [4.78, 5) is 18.4. The van der Waals surface area contributed by atoms with Gasteiger partial charge in [0.2, 0.25) is 5.91 Å². The number of amides is 1. The van der Waals surface area contributed by atoms with E-state index in [4.69, 9.17) is 10.7 Å². The van der Waals surface area contributed by atoms with Crippen LogP contribution in [0.5, 0.6) is 0 Å². The van der Waals surface area contributed by atoms with Gasteiger partial charge in [-0.3, -0.25) is 4.79 Å². The second-order valence-corrected chi connectivity index (χ2v) is 5.26. The number of aromatic nitrogens is 1. The van der Waals surface area contributed by atoms with Gasteiger partial charge in [-0.05, 0) is 12.1 Å². The molecule has 21 heavy (non-hydrogen) atoms. The average molecular weight is 286 g/mol. The minimum Gasteiger partial charge on any atom is -0.359 e. The molecule has 0 saturated carbocycles. The Morgan fingerprint density at radius 3 is 2.81 bits per heavy atom. The second-order valence-electron chi connectivity index (χ2n) is 5.26. The summed E-state index contributed by atoms with van der Waals surface area (Å²) >= 11 is 0. The summed E-state index contributed by atoms with van der Waals surface area (Å²) in [5, 5.41) is 3.75. The quantitative estimate of drug-likeness (QED) is 0.874. The highest BCUT2D eigenvalue weighted by Crippen LogP contribution is 2.23. The average Bonchev–Trinajstić information content (AvgIpc) is 2.52. The maximum atomic E-state index is 11.7. The third-order valence-electron chi connectivity index (χ3n) is 3.60. The van der Waals surface area contributed by atoms with Crippen LogP contribution >= 0.6 is 0 Å². The minimum absolute atomic E-state index is 0.0249. The van der Waals surface area contributed by atoms with Crippen molar-refractivity contribution < 1.29 is 4.79 Å². The number of pyridine rings is 1. The molecule has 1 aromatic heterocycles. The number of anilines is 1. The van der Waals surface area contributed by atoms with E-state index >= 15 is 0 Å². The molecule has 0 aliphatic rings. The highest BCUT2D eigenvalue weighted by Gasteiger charge is 2.17. The lowest BCUT2D eigenvalue weighted by molar-refractivity contribution is -0.123. The number of nitrogens with one attached hydrogen (secondary N) is 1. The van der Waals surface area contributed by atoms with Crippen LogP contribution in [-0.2, 0) is 11.3 Å². The predicted octanol–water partition coefficient (Wildman–Crippen LogP) is 1.51. The first-order valence-corrected chi connectivity index (χ1v) is 7.08. The number of fused-ring (bicyclic) bond motifs is 1. The molecule has 0 fully saturated rings. The van der Waals surface area contributed by atoms with Gasteiger partial charge < -0.3 is 16.0 Å². The molecule has 0 saturated heterocycles. The SMILES string of the molecule is CNC(=O)C(C)CN(C)c1nc2ccccc2cc1CN. The van der Waals surface area contributed by atoms with E-state index in [1.807, 2.05) is 43.1 Å². The summed E-state index contributed by atoms with van der Waals surface area (Å²) in [6, 6.07) is 10.0. The van der Waals surface area contributed by atoms with Crippen LogP contribution in [0.25, 0.3) is 10.9 Å².